The number of carbonyl (C=O) groups excluding carboxylic acids is 1. The van der Waals surface area contributed by atoms with Crippen molar-refractivity contribution in [3.63, 3.8) is 0 Å². The molecule has 1 amide bonds. The van der Waals surface area contributed by atoms with Gasteiger partial charge in [-0.3, -0.25) is 9.10 Å². The van der Waals surface area contributed by atoms with Crippen LogP contribution in [0.5, 0.6) is 5.75 Å². The van der Waals surface area contributed by atoms with Crippen molar-refractivity contribution in [2.24, 2.45) is 0 Å². The topological polar surface area (TPSA) is 114 Å². The maximum Gasteiger partial charge on any atom is 0.255 e. The minimum absolute atomic E-state index is 0.165. The molecule has 5 aromatic rings. The lowest BCUT2D eigenvalue weighted by Crippen LogP contribution is -2.32. The molecule has 0 saturated heterocycles. The van der Waals surface area contributed by atoms with Crippen LogP contribution in [0, 0.1) is 5.82 Å². The van der Waals surface area contributed by atoms with Crippen molar-refractivity contribution in [1.82, 2.24) is 10.3 Å². The molecule has 0 fully saturated rings. The van der Waals surface area contributed by atoms with Gasteiger partial charge >= 0.3 is 0 Å². The van der Waals surface area contributed by atoms with Gasteiger partial charge in [0.05, 0.1) is 24.1 Å². The fourth-order valence-corrected chi connectivity index (χ4v) is 6.07. The number of ether oxygens (including phenoxy) is 1. The highest BCUT2D eigenvalue weighted by atomic mass is 32.2. The Kier molecular flexibility index (Phi) is 7.22. The molecule has 2 aromatic heterocycles. The fourth-order valence-electron chi connectivity index (χ4n) is 5.16. The molecule has 1 atom stereocenters. The van der Waals surface area contributed by atoms with E-state index in [1.165, 1.54) is 37.4 Å². The van der Waals surface area contributed by atoms with E-state index in [9.17, 15) is 22.0 Å². The van der Waals surface area contributed by atoms with Crippen LogP contribution in [0.3, 0.4) is 0 Å². The number of furan rings is 1. The highest BCUT2D eigenvalue weighted by molar-refractivity contribution is 7.92. The molecule has 12 heteroatoms. The third kappa shape index (κ3) is 5.25. The summed E-state index contributed by atoms with van der Waals surface area (Å²) in [5.74, 6) is 0.446. The number of hydrogen-bond donors (Lipinski definition) is 2. The monoisotopic (exact) mass is 604 g/mol. The number of benzene rings is 3. The second-order valence-electron chi connectivity index (χ2n) is 9.90. The van der Waals surface area contributed by atoms with Crippen molar-refractivity contribution in [1.29, 1.82) is 0 Å². The second kappa shape index (κ2) is 11.0. The number of pyridine rings is 1. The van der Waals surface area contributed by atoms with Crippen LogP contribution in [-0.2, 0) is 10.0 Å². The van der Waals surface area contributed by atoms with Crippen molar-refractivity contribution in [2.45, 2.75) is 6.23 Å². The van der Waals surface area contributed by atoms with E-state index >= 15 is 0 Å². The van der Waals surface area contributed by atoms with E-state index in [0.29, 0.717) is 33.6 Å². The maximum atomic E-state index is 13.7. The summed E-state index contributed by atoms with van der Waals surface area (Å²) >= 11 is 0. The molecular weight excluding hydrogens is 578 g/mol. The van der Waals surface area contributed by atoms with E-state index in [4.69, 9.17) is 9.15 Å². The number of fused-ring (bicyclic) bond motifs is 2. The minimum atomic E-state index is -3.94. The van der Waals surface area contributed by atoms with Crippen molar-refractivity contribution < 1.29 is 31.1 Å². The molecule has 0 bridgehead atoms. The smallest absolute Gasteiger partial charge is 0.255 e. The van der Waals surface area contributed by atoms with Gasteiger partial charge in [-0.05, 0) is 54.1 Å². The van der Waals surface area contributed by atoms with Gasteiger partial charge in [0.25, 0.3) is 5.91 Å². The number of halogens is 2. The molecular formula is C31H26F2N4O5S. The Bertz CT molecular complexity index is 1940. The zero-order chi connectivity index (χ0) is 30.3. The molecule has 1 aliphatic rings. The van der Waals surface area contributed by atoms with Crippen molar-refractivity contribution >= 4 is 38.4 Å². The SMILES string of the molecule is CNC(=O)c1c(-c2ccc(F)cc2)oc2cc(N(CCF)S(C)(=O)=O)c(-c3cccc(C4Nc5ncccc5O4)c3)cc12. The van der Waals surface area contributed by atoms with Crippen molar-refractivity contribution in [3.8, 4) is 28.2 Å². The molecule has 43 heavy (non-hydrogen) atoms. The number of aromatic nitrogens is 1. The van der Waals surface area contributed by atoms with E-state index in [1.807, 2.05) is 12.1 Å². The summed E-state index contributed by atoms with van der Waals surface area (Å²) in [7, 11) is -2.46. The summed E-state index contributed by atoms with van der Waals surface area (Å²) in [4.78, 5) is 17.5. The standard InChI is InChI=1S/C31H26F2N4O5S/c1-34-30(38)27-23-16-22(19-5-3-6-20(15-19)31-36-29-25(42-31)7-4-13-35-29)24(37(14-12-32)43(2,39)40)17-26(23)41-28(27)18-8-10-21(33)11-9-18/h3-11,13,15-17,31H,12,14H2,1-2H3,(H,34,38)(H,35,36). The van der Waals surface area contributed by atoms with Gasteiger partial charge in [0.1, 0.15) is 23.8 Å². The number of nitrogens with one attached hydrogen (secondary N) is 2. The lowest BCUT2D eigenvalue weighted by atomic mass is 9.97. The summed E-state index contributed by atoms with van der Waals surface area (Å²) in [5.41, 5.74) is 2.72. The number of rotatable bonds is 8. The van der Waals surface area contributed by atoms with Crippen LogP contribution in [-0.4, -0.2) is 45.8 Å². The first-order valence-corrected chi connectivity index (χ1v) is 15.1. The molecule has 1 aliphatic heterocycles. The van der Waals surface area contributed by atoms with Gasteiger partial charge in [-0.2, -0.15) is 0 Å². The van der Waals surface area contributed by atoms with Crippen LogP contribution >= 0.6 is 0 Å². The van der Waals surface area contributed by atoms with Gasteiger partial charge in [0.2, 0.25) is 10.0 Å². The van der Waals surface area contributed by atoms with E-state index in [-0.39, 0.29) is 22.6 Å². The van der Waals surface area contributed by atoms with Crippen LogP contribution in [0.4, 0.5) is 20.3 Å². The number of anilines is 2. The van der Waals surface area contributed by atoms with Gasteiger partial charge in [0.15, 0.2) is 17.8 Å². The van der Waals surface area contributed by atoms with Crippen LogP contribution in [0.1, 0.15) is 22.1 Å². The summed E-state index contributed by atoms with van der Waals surface area (Å²) in [5, 5.41) is 6.22. The lowest BCUT2D eigenvalue weighted by Gasteiger charge is -2.24. The van der Waals surface area contributed by atoms with Crippen LogP contribution in [0.2, 0.25) is 0 Å². The Hall–Kier alpha value is -4.97. The largest absolute Gasteiger partial charge is 0.463 e. The van der Waals surface area contributed by atoms with Gasteiger partial charge < -0.3 is 19.8 Å². The Morgan fingerprint density at radius 2 is 1.86 bits per heavy atom. The normalized spacial score (nSPS) is 14.2. The molecule has 0 radical (unpaired) electrons. The van der Waals surface area contributed by atoms with Crippen LogP contribution in [0.15, 0.2) is 83.4 Å². The molecule has 3 aromatic carbocycles. The predicted molar refractivity (Wildman–Crippen MR) is 160 cm³/mol. The van der Waals surface area contributed by atoms with Gasteiger partial charge in [-0.25, -0.2) is 22.2 Å². The molecule has 220 valence electrons. The Labute approximate surface area is 246 Å². The number of carbonyl (C=O) groups is 1. The molecule has 0 spiro atoms. The van der Waals surface area contributed by atoms with Crippen molar-refractivity contribution in [3.05, 3.63) is 95.9 Å². The zero-order valence-electron chi connectivity index (χ0n) is 23.1. The summed E-state index contributed by atoms with van der Waals surface area (Å²) in [6.45, 7) is -1.36. The minimum Gasteiger partial charge on any atom is -0.463 e. The van der Waals surface area contributed by atoms with E-state index in [2.05, 4.69) is 15.6 Å². The van der Waals surface area contributed by atoms with E-state index in [0.717, 1.165) is 16.1 Å². The molecule has 0 aliphatic carbocycles. The molecule has 2 N–H and O–H groups in total. The first kappa shape index (κ1) is 28.2. The third-order valence-electron chi connectivity index (χ3n) is 7.11. The first-order chi connectivity index (χ1) is 20.7. The number of sulfonamides is 1. The summed E-state index contributed by atoms with van der Waals surface area (Å²) in [6.07, 6.45) is 2.08. The Balaban J connectivity index is 1.57. The average molecular weight is 605 g/mol. The summed E-state index contributed by atoms with van der Waals surface area (Å²) in [6, 6.07) is 19.4. The van der Waals surface area contributed by atoms with Gasteiger partial charge in [0, 0.05) is 41.4 Å². The average Bonchev–Trinajstić information content (AvgIpc) is 3.60. The van der Waals surface area contributed by atoms with Crippen LogP contribution < -0.4 is 19.7 Å². The molecule has 1 unspecified atom stereocenters. The molecule has 3 heterocycles. The van der Waals surface area contributed by atoms with Crippen LogP contribution in [0.25, 0.3) is 33.4 Å². The highest BCUT2D eigenvalue weighted by Crippen LogP contribution is 2.43. The fraction of sp³-hybridized carbons (Fsp3) is 0.161. The highest BCUT2D eigenvalue weighted by Gasteiger charge is 2.29. The number of alkyl halides is 1. The van der Waals surface area contributed by atoms with E-state index < -0.39 is 41.2 Å². The lowest BCUT2D eigenvalue weighted by molar-refractivity contribution is 0.0964. The Morgan fingerprint density at radius 1 is 1.07 bits per heavy atom. The number of hydrogen-bond acceptors (Lipinski definition) is 7. The predicted octanol–water partition coefficient (Wildman–Crippen LogP) is 5.90. The van der Waals surface area contributed by atoms with Crippen molar-refractivity contribution in [2.75, 3.05) is 36.1 Å². The van der Waals surface area contributed by atoms with Gasteiger partial charge in [-0.1, -0.05) is 18.2 Å². The molecule has 0 saturated carbocycles. The van der Waals surface area contributed by atoms with E-state index in [1.54, 1.807) is 36.5 Å². The maximum absolute atomic E-state index is 13.7. The molecule has 6 rings (SSSR count). The number of nitrogens with zero attached hydrogens (tertiary/aromatic N) is 2. The number of amides is 1. The zero-order valence-corrected chi connectivity index (χ0v) is 23.9. The second-order valence-corrected chi connectivity index (χ2v) is 11.8. The van der Waals surface area contributed by atoms with Gasteiger partial charge in [-0.15, -0.1) is 0 Å². The quantitative estimate of drug-likeness (QED) is 0.227. The summed E-state index contributed by atoms with van der Waals surface area (Å²) < 4.78 is 66.4. The molecule has 9 nitrogen and oxygen atoms in total. The third-order valence-corrected chi connectivity index (χ3v) is 8.29. The Morgan fingerprint density at radius 3 is 2.56 bits per heavy atom. The first-order valence-electron chi connectivity index (χ1n) is 13.3.